The summed E-state index contributed by atoms with van der Waals surface area (Å²) in [6.07, 6.45) is 0. The maximum atomic E-state index is 6.24. The molecule has 134 valence electrons. The van der Waals surface area contributed by atoms with Crippen molar-refractivity contribution in [3.05, 3.63) is 87.9 Å². The molecule has 1 N–H and O–H groups in total. The van der Waals surface area contributed by atoms with Gasteiger partial charge in [0.05, 0.1) is 7.11 Å². The van der Waals surface area contributed by atoms with Gasteiger partial charge in [-0.25, -0.2) is 0 Å². The van der Waals surface area contributed by atoms with E-state index in [4.69, 9.17) is 32.7 Å². The molecule has 0 unspecified atom stereocenters. The Labute approximate surface area is 163 Å². The van der Waals surface area contributed by atoms with E-state index in [2.05, 4.69) is 5.32 Å². The van der Waals surface area contributed by atoms with Crippen LogP contribution in [0, 0.1) is 0 Å². The van der Waals surface area contributed by atoms with Gasteiger partial charge in [0.25, 0.3) is 0 Å². The second kappa shape index (κ2) is 8.84. The number of nitrogens with one attached hydrogen (secondary N) is 1. The molecule has 3 aromatic carbocycles. The second-order valence-electron chi connectivity index (χ2n) is 5.73. The van der Waals surface area contributed by atoms with Gasteiger partial charge in [-0.1, -0.05) is 53.5 Å². The second-order valence-corrected chi connectivity index (χ2v) is 6.60. The van der Waals surface area contributed by atoms with Gasteiger partial charge in [0.2, 0.25) is 0 Å². The lowest BCUT2D eigenvalue weighted by Crippen LogP contribution is -2.05. The molecule has 0 spiro atoms. The van der Waals surface area contributed by atoms with Crippen LogP contribution in [0.25, 0.3) is 0 Å². The summed E-state index contributed by atoms with van der Waals surface area (Å²) in [5, 5.41) is 4.65. The molecule has 5 heteroatoms. The largest absolute Gasteiger partial charge is 0.493 e. The van der Waals surface area contributed by atoms with Crippen molar-refractivity contribution in [2.75, 3.05) is 12.4 Å². The van der Waals surface area contributed by atoms with E-state index in [0.29, 0.717) is 34.7 Å². The van der Waals surface area contributed by atoms with Crippen molar-refractivity contribution in [3.8, 4) is 11.5 Å². The minimum absolute atomic E-state index is 0.451. The molecule has 0 radical (unpaired) electrons. The van der Waals surface area contributed by atoms with Crippen molar-refractivity contribution in [1.29, 1.82) is 0 Å². The molecule has 0 saturated carbocycles. The molecular formula is C21H19Cl2NO2. The van der Waals surface area contributed by atoms with E-state index >= 15 is 0 Å². The first-order chi connectivity index (χ1) is 12.7. The van der Waals surface area contributed by atoms with Crippen molar-refractivity contribution < 1.29 is 9.47 Å². The minimum Gasteiger partial charge on any atom is -0.493 e. The van der Waals surface area contributed by atoms with E-state index in [1.165, 1.54) is 0 Å². The highest BCUT2D eigenvalue weighted by Gasteiger charge is 2.13. The van der Waals surface area contributed by atoms with Gasteiger partial charge >= 0.3 is 0 Å². The molecule has 26 heavy (non-hydrogen) atoms. The topological polar surface area (TPSA) is 30.5 Å². The first kappa shape index (κ1) is 18.4. The van der Waals surface area contributed by atoms with Crippen LogP contribution in [0.2, 0.25) is 10.0 Å². The number of halogens is 2. The highest BCUT2D eigenvalue weighted by molar-refractivity contribution is 6.31. The normalized spacial score (nSPS) is 10.4. The van der Waals surface area contributed by atoms with Crippen LogP contribution in [0.5, 0.6) is 11.5 Å². The van der Waals surface area contributed by atoms with Gasteiger partial charge in [0.1, 0.15) is 6.61 Å². The molecular weight excluding hydrogens is 369 g/mol. The lowest BCUT2D eigenvalue weighted by atomic mass is 10.1. The van der Waals surface area contributed by atoms with Gasteiger partial charge in [-0.2, -0.15) is 0 Å². The summed E-state index contributed by atoms with van der Waals surface area (Å²) in [6.45, 7) is 0.995. The zero-order valence-corrected chi connectivity index (χ0v) is 15.8. The monoisotopic (exact) mass is 387 g/mol. The molecule has 3 aromatic rings. The van der Waals surface area contributed by atoms with Crippen LogP contribution < -0.4 is 14.8 Å². The first-order valence-electron chi connectivity index (χ1n) is 8.18. The number of methoxy groups -OCH3 is 1. The Balaban J connectivity index is 1.80. The predicted molar refractivity (Wildman–Crippen MR) is 108 cm³/mol. The molecule has 0 atom stereocenters. The Morgan fingerprint density at radius 2 is 1.62 bits per heavy atom. The Bertz CT molecular complexity index is 852. The number of anilines is 1. The van der Waals surface area contributed by atoms with Gasteiger partial charge < -0.3 is 14.8 Å². The van der Waals surface area contributed by atoms with E-state index in [9.17, 15) is 0 Å². The molecule has 0 bridgehead atoms. The van der Waals surface area contributed by atoms with Crippen LogP contribution in [0.3, 0.4) is 0 Å². The summed E-state index contributed by atoms with van der Waals surface area (Å²) >= 11 is 12.2. The van der Waals surface area contributed by atoms with E-state index in [1.54, 1.807) is 13.2 Å². The van der Waals surface area contributed by atoms with Crippen molar-refractivity contribution >= 4 is 28.9 Å². The Morgan fingerprint density at radius 3 is 2.31 bits per heavy atom. The summed E-state index contributed by atoms with van der Waals surface area (Å²) in [4.78, 5) is 0. The number of hydrogen-bond donors (Lipinski definition) is 1. The maximum absolute atomic E-state index is 6.24. The molecule has 0 fully saturated rings. The molecule has 0 aromatic heterocycles. The van der Waals surface area contributed by atoms with Crippen LogP contribution in [0.1, 0.15) is 11.1 Å². The van der Waals surface area contributed by atoms with E-state index in [1.807, 2.05) is 60.7 Å². The zero-order valence-electron chi connectivity index (χ0n) is 14.3. The summed E-state index contributed by atoms with van der Waals surface area (Å²) in [5.74, 6) is 1.29. The van der Waals surface area contributed by atoms with Gasteiger partial charge in [0.15, 0.2) is 11.5 Å². The molecule has 0 aliphatic carbocycles. The minimum atomic E-state index is 0.451. The molecule has 0 aliphatic rings. The van der Waals surface area contributed by atoms with Crippen molar-refractivity contribution in [2.45, 2.75) is 13.2 Å². The van der Waals surface area contributed by atoms with E-state index in [-0.39, 0.29) is 0 Å². The van der Waals surface area contributed by atoms with Crippen LogP contribution >= 0.6 is 23.2 Å². The number of hydrogen-bond acceptors (Lipinski definition) is 3. The summed E-state index contributed by atoms with van der Waals surface area (Å²) < 4.78 is 11.5. The molecule has 0 amide bonds. The predicted octanol–water partition coefficient (Wildman–Crippen LogP) is 6.19. The quantitative estimate of drug-likeness (QED) is 0.523. The average molecular weight is 388 g/mol. The maximum Gasteiger partial charge on any atom is 0.166 e. The molecule has 3 rings (SSSR count). The lowest BCUT2D eigenvalue weighted by Gasteiger charge is -2.17. The van der Waals surface area contributed by atoms with Gasteiger partial charge in [-0.05, 0) is 35.9 Å². The van der Waals surface area contributed by atoms with Crippen LogP contribution in [0.4, 0.5) is 5.69 Å². The van der Waals surface area contributed by atoms with Gasteiger partial charge in [-0.15, -0.1) is 0 Å². The fourth-order valence-electron chi connectivity index (χ4n) is 2.56. The third kappa shape index (κ3) is 4.84. The summed E-state index contributed by atoms with van der Waals surface area (Å²) in [7, 11) is 1.61. The first-order valence-corrected chi connectivity index (χ1v) is 8.94. The average Bonchev–Trinajstić information content (AvgIpc) is 2.67. The third-order valence-electron chi connectivity index (χ3n) is 3.87. The highest BCUT2D eigenvalue weighted by atomic mass is 35.5. The van der Waals surface area contributed by atoms with Gasteiger partial charge in [0, 0.05) is 33.9 Å². The number of benzene rings is 3. The smallest absolute Gasteiger partial charge is 0.166 e. The van der Waals surface area contributed by atoms with Crippen molar-refractivity contribution in [2.24, 2.45) is 0 Å². The lowest BCUT2D eigenvalue weighted by molar-refractivity contribution is 0.281. The number of rotatable bonds is 7. The molecule has 0 aliphatic heterocycles. The third-order valence-corrected chi connectivity index (χ3v) is 4.34. The van der Waals surface area contributed by atoms with E-state index in [0.717, 1.165) is 16.8 Å². The van der Waals surface area contributed by atoms with Crippen molar-refractivity contribution in [1.82, 2.24) is 0 Å². The van der Waals surface area contributed by atoms with Gasteiger partial charge in [-0.3, -0.25) is 0 Å². The summed E-state index contributed by atoms with van der Waals surface area (Å²) in [5.41, 5.74) is 2.96. The SMILES string of the molecule is COc1cc(Cl)cc(CNc2ccc(Cl)cc2)c1OCc1ccccc1. The van der Waals surface area contributed by atoms with Crippen molar-refractivity contribution in [3.63, 3.8) is 0 Å². The Morgan fingerprint density at radius 1 is 0.885 bits per heavy atom. The van der Waals surface area contributed by atoms with Crippen LogP contribution in [-0.4, -0.2) is 7.11 Å². The molecule has 0 heterocycles. The standard InChI is InChI=1S/C21H19Cl2NO2/c1-25-20-12-18(23)11-16(13-24-19-9-7-17(22)8-10-19)21(20)26-14-15-5-3-2-4-6-15/h2-12,24H,13-14H2,1H3. The van der Waals surface area contributed by atoms with Crippen LogP contribution in [0.15, 0.2) is 66.7 Å². The highest BCUT2D eigenvalue weighted by Crippen LogP contribution is 2.35. The fourth-order valence-corrected chi connectivity index (χ4v) is 2.92. The summed E-state index contributed by atoms with van der Waals surface area (Å²) in [6, 6.07) is 21.2. The molecule has 3 nitrogen and oxygen atoms in total. The zero-order chi connectivity index (χ0) is 18.4. The number of ether oxygens (including phenoxy) is 2. The fraction of sp³-hybridized carbons (Fsp3) is 0.143. The Kier molecular flexibility index (Phi) is 6.26. The molecule has 0 saturated heterocycles. The van der Waals surface area contributed by atoms with E-state index < -0.39 is 0 Å². The Hall–Kier alpha value is -2.36. The van der Waals surface area contributed by atoms with Crippen LogP contribution in [-0.2, 0) is 13.2 Å².